The Kier molecular flexibility index (Phi) is 9.61. The van der Waals surface area contributed by atoms with Gasteiger partial charge in [0, 0.05) is 18.3 Å². The third-order valence-corrected chi connectivity index (χ3v) is 7.03. The van der Waals surface area contributed by atoms with Gasteiger partial charge in [-0.25, -0.2) is 4.39 Å². The molecule has 0 aliphatic heterocycles. The van der Waals surface area contributed by atoms with Crippen LogP contribution in [-0.4, -0.2) is 41.7 Å². The van der Waals surface area contributed by atoms with E-state index in [-0.39, 0.29) is 36.0 Å². The molecule has 1 fully saturated rings. The van der Waals surface area contributed by atoms with Gasteiger partial charge in [-0.1, -0.05) is 43.5 Å². The third-order valence-electron chi connectivity index (χ3n) is 6.04. The zero-order chi connectivity index (χ0) is 23.6. The molecule has 2 aromatic carbocycles. The predicted octanol–water partition coefficient (Wildman–Crippen LogP) is 4.93. The van der Waals surface area contributed by atoms with Crippen LogP contribution in [0.25, 0.3) is 0 Å². The number of thioether (sulfide) groups is 1. The summed E-state index contributed by atoms with van der Waals surface area (Å²) >= 11 is 1.51. The van der Waals surface area contributed by atoms with Gasteiger partial charge in [0.1, 0.15) is 17.6 Å². The summed E-state index contributed by atoms with van der Waals surface area (Å²) in [6.45, 7) is 2.04. The van der Waals surface area contributed by atoms with Crippen molar-refractivity contribution in [1.29, 1.82) is 0 Å². The second-order valence-electron chi connectivity index (χ2n) is 8.51. The minimum atomic E-state index is -0.605. The van der Waals surface area contributed by atoms with Crippen molar-refractivity contribution < 1.29 is 18.7 Å². The highest BCUT2D eigenvalue weighted by atomic mass is 32.2. The Bertz CT molecular complexity index is 899. The summed E-state index contributed by atoms with van der Waals surface area (Å²) in [5.74, 6) is 1.18. The molecule has 1 atom stereocenters. The molecule has 178 valence electrons. The molecule has 3 rings (SSSR count). The van der Waals surface area contributed by atoms with Gasteiger partial charge in [0.25, 0.3) is 0 Å². The van der Waals surface area contributed by atoms with Gasteiger partial charge in [-0.2, -0.15) is 0 Å². The van der Waals surface area contributed by atoms with E-state index in [0.717, 1.165) is 42.6 Å². The maximum atomic E-state index is 13.3. The Morgan fingerprint density at radius 2 is 1.70 bits per heavy atom. The molecule has 1 aliphatic rings. The van der Waals surface area contributed by atoms with Crippen LogP contribution in [0, 0.1) is 5.82 Å². The fourth-order valence-electron chi connectivity index (χ4n) is 4.00. The lowest BCUT2D eigenvalue weighted by molar-refractivity contribution is -0.139. The van der Waals surface area contributed by atoms with E-state index in [1.54, 1.807) is 31.1 Å². The second-order valence-corrected chi connectivity index (χ2v) is 9.49. The van der Waals surface area contributed by atoms with Gasteiger partial charge in [0.15, 0.2) is 0 Å². The van der Waals surface area contributed by atoms with Crippen molar-refractivity contribution in [3.8, 4) is 5.75 Å². The van der Waals surface area contributed by atoms with Crippen LogP contribution in [0.1, 0.15) is 50.2 Å². The monoisotopic (exact) mass is 472 g/mol. The number of rotatable bonds is 10. The number of ether oxygens (including phenoxy) is 1. The molecule has 1 N–H and O–H groups in total. The topological polar surface area (TPSA) is 58.6 Å². The van der Waals surface area contributed by atoms with Crippen LogP contribution in [0.3, 0.4) is 0 Å². The number of benzene rings is 2. The number of methoxy groups -OCH3 is 1. The number of nitrogens with one attached hydrogen (secondary N) is 1. The van der Waals surface area contributed by atoms with Crippen molar-refractivity contribution in [2.75, 3.05) is 12.9 Å². The van der Waals surface area contributed by atoms with Gasteiger partial charge in [-0.15, -0.1) is 11.8 Å². The number of amides is 2. The molecule has 0 radical (unpaired) electrons. The number of carbonyl (C=O) groups excluding carboxylic acids is 2. The number of nitrogens with zero attached hydrogens (tertiary/aromatic N) is 1. The Labute approximate surface area is 200 Å². The average molecular weight is 473 g/mol. The van der Waals surface area contributed by atoms with E-state index in [1.165, 1.54) is 30.3 Å². The van der Waals surface area contributed by atoms with Gasteiger partial charge in [0.2, 0.25) is 11.8 Å². The van der Waals surface area contributed by atoms with Crippen LogP contribution in [-0.2, 0) is 21.9 Å². The Morgan fingerprint density at radius 3 is 2.33 bits per heavy atom. The van der Waals surface area contributed by atoms with Crippen LogP contribution in [0.4, 0.5) is 4.39 Å². The Hall–Kier alpha value is -2.54. The van der Waals surface area contributed by atoms with E-state index in [4.69, 9.17) is 4.74 Å². The first-order valence-corrected chi connectivity index (χ1v) is 12.7. The van der Waals surface area contributed by atoms with Crippen LogP contribution >= 0.6 is 11.8 Å². The number of halogens is 1. The summed E-state index contributed by atoms with van der Waals surface area (Å²) in [6.07, 6.45) is 5.44. The minimum Gasteiger partial charge on any atom is -0.497 e. The summed E-state index contributed by atoms with van der Waals surface area (Å²) in [5, 5.41) is 3.13. The molecule has 2 amide bonds. The smallest absolute Gasteiger partial charge is 0.242 e. The van der Waals surface area contributed by atoms with Crippen molar-refractivity contribution in [3.05, 3.63) is 65.5 Å². The highest BCUT2D eigenvalue weighted by molar-refractivity contribution is 7.99. The van der Waals surface area contributed by atoms with Crippen molar-refractivity contribution in [1.82, 2.24) is 10.2 Å². The second kappa shape index (κ2) is 12.6. The van der Waals surface area contributed by atoms with Gasteiger partial charge < -0.3 is 15.0 Å². The maximum absolute atomic E-state index is 13.3. The molecule has 7 heteroatoms. The third kappa shape index (κ3) is 7.77. The number of hydrogen-bond donors (Lipinski definition) is 1. The van der Waals surface area contributed by atoms with Crippen molar-refractivity contribution >= 4 is 23.6 Å². The van der Waals surface area contributed by atoms with Gasteiger partial charge in [0.05, 0.1) is 12.9 Å². The molecule has 1 aliphatic carbocycles. The van der Waals surface area contributed by atoms with E-state index < -0.39 is 6.04 Å². The van der Waals surface area contributed by atoms with Gasteiger partial charge in [-0.3, -0.25) is 9.59 Å². The van der Waals surface area contributed by atoms with E-state index in [1.807, 2.05) is 24.3 Å². The molecule has 0 saturated heterocycles. The fraction of sp³-hybridized carbons (Fsp3) is 0.462. The summed E-state index contributed by atoms with van der Waals surface area (Å²) < 4.78 is 18.5. The molecule has 0 heterocycles. The van der Waals surface area contributed by atoms with Crippen LogP contribution in [0.2, 0.25) is 0 Å². The Balaban J connectivity index is 1.63. The molecule has 33 heavy (non-hydrogen) atoms. The summed E-state index contributed by atoms with van der Waals surface area (Å²) in [6, 6.07) is 13.4. The summed E-state index contributed by atoms with van der Waals surface area (Å²) in [7, 11) is 1.63. The minimum absolute atomic E-state index is 0.107. The van der Waals surface area contributed by atoms with Crippen LogP contribution in [0.5, 0.6) is 5.75 Å². The summed E-state index contributed by atoms with van der Waals surface area (Å²) in [4.78, 5) is 27.8. The van der Waals surface area contributed by atoms with Crippen molar-refractivity contribution in [3.63, 3.8) is 0 Å². The first-order chi connectivity index (χ1) is 16.0. The van der Waals surface area contributed by atoms with E-state index in [9.17, 15) is 14.0 Å². The first kappa shape index (κ1) is 25.1. The zero-order valence-corrected chi connectivity index (χ0v) is 20.2. The van der Waals surface area contributed by atoms with Crippen molar-refractivity contribution in [2.45, 2.75) is 63.4 Å². The molecule has 5 nitrogen and oxygen atoms in total. The van der Waals surface area contributed by atoms with Crippen LogP contribution in [0.15, 0.2) is 48.5 Å². The van der Waals surface area contributed by atoms with Crippen molar-refractivity contribution in [2.24, 2.45) is 0 Å². The average Bonchev–Trinajstić information content (AvgIpc) is 2.84. The lowest BCUT2D eigenvalue weighted by atomic mass is 9.95. The zero-order valence-electron chi connectivity index (χ0n) is 19.4. The van der Waals surface area contributed by atoms with Gasteiger partial charge >= 0.3 is 0 Å². The lowest BCUT2D eigenvalue weighted by Gasteiger charge is -2.31. The van der Waals surface area contributed by atoms with Crippen LogP contribution < -0.4 is 10.1 Å². The Morgan fingerprint density at radius 1 is 1.06 bits per heavy atom. The molecular formula is C26H33FN2O3S. The highest BCUT2D eigenvalue weighted by Gasteiger charge is 2.28. The van der Waals surface area contributed by atoms with E-state index >= 15 is 0 Å². The fourth-order valence-corrected chi connectivity index (χ4v) is 4.87. The SMILES string of the molecule is COc1ccc(CSCC(=O)N(Cc2ccc(F)cc2)[C@@H](C)C(=O)NC2CCCCC2)cc1. The van der Waals surface area contributed by atoms with E-state index in [2.05, 4.69) is 5.32 Å². The molecule has 1 saturated carbocycles. The van der Waals surface area contributed by atoms with Gasteiger partial charge in [-0.05, 0) is 55.2 Å². The standard InChI is InChI=1S/C26H33FN2O3S/c1-19(26(31)28-23-6-4-3-5-7-23)29(16-20-8-12-22(27)13-9-20)25(30)18-33-17-21-10-14-24(32-2)15-11-21/h8-15,19,23H,3-7,16-18H2,1-2H3,(H,28,31)/t19-/m0/s1. The molecule has 2 aromatic rings. The van der Waals surface area contributed by atoms with E-state index in [0.29, 0.717) is 5.75 Å². The predicted molar refractivity (Wildman–Crippen MR) is 131 cm³/mol. The lowest BCUT2D eigenvalue weighted by Crippen LogP contribution is -2.50. The number of carbonyl (C=O) groups is 2. The number of hydrogen-bond acceptors (Lipinski definition) is 4. The quantitative estimate of drug-likeness (QED) is 0.533. The molecule has 0 spiro atoms. The normalized spacial score (nSPS) is 15.0. The molecule has 0 bridgehead atoms. The highest BCUT2D eigenvalue weighted by Crippen LogP contribution is 2.20. The summed E-state index contributed by atoms with van der Waals surface area (Å²) in [5.41, 5.74) is 1.89. The largest absolute Gasteiger partial charge is 0.497 e. The molecular weight excluding hydrogens is 439 g/mol. The molecule has 0 unspecified atom stereocenters. The molecule has 0 aromatic heterocycles. The first-order valence-electron chi connectivity index (χ1n) is 11.5. The maximum Gasteiger partial charge on any atom is 0.242 e.